The van der Waals surface area contributed by atoms with Crippen LogP contribution in [0.5, 0.6) is 5.75 Å². The molecule has 0 spiro atoms. The largest absolute Gasteiger partial charge is 0.497 e. The van der Waals surface area contributed by atoms with Gasteiger partial charge in [0.05, 0.1) is 13.7 Å². The zero-order valence-corrected chi connectivity index (χ0v) is 17.7. The Morgan fingerprint density at radius 1 is 0.839 bits per heavy atom. The summed E-state index contributed by atoms with van der Waals surface area (Å²) in [5.74, 6) is -3.28. The van der Waals surface area contributed by atoms with Gasteiger partial charge in [-0.3, -0.25) is 0 Å². The van der Waals surface area contributed by atoms with Crippen molar-refractivity contribution in [1.29, 1.82) is 0 Å². The molecule has 2 aromatic carbocycles. The van der Waals surface area contributed by atoms with Crippen molar-refractivity contribution in [3.8, 4) is 5.75 Å². The summed E-state index contributed by atoms with van der Waals surface area (Å²) in [6, 6.07) is 4.54. The van der Waals surface area contributed by atoms with Gasteiger partial charge in [0.2, 0.25) is 0 Å². The quantitative estimate of drug-likeness (QED) is 0.191. The Labute approximate surface area is 179 Å². The van der Waals surface area contributed by atoms with Crippen molar-refractivity contribution in [2.24, 2.45) is 0 Å². The molecule has 0 aliphatic carbocycles. The lowest BCUT2D eigenvalue weighted by molar-refractivity contribution is -0.139. The molecule has 0 aromatic heterocycles. The predicted octanol–water partition coefficient (Wildman–Crippen LogP) is 5.87. The van der Waals surface area contributed by atoms with E-state index in [0.29, 0.717) is 30.4 Å². The van der Waals surface area contributed by atoms with Crippen molar-refractivity contribution in [2.45, 2.75) is 45.4 Å². The molecule has 0 radical (unpaired) electrons. The Morgan fingerprint density at radius 3 is 1.94 bits per heavy atom. The molecular formula is C24H26F4O3. The molecule has 0 amide bonds. The number of methoxy groups -OCH3 is 1. The number of ether oxygens (including phenoxy) is 2. The molecule has 0 saturated heterocycles. The second-order valence-electron chi connectivity index (χ2n) is 7.33. The third-order valence-corrected chi connectivity index (χ3v) is 4.87. The molecule has 2 aromatic rings. The number of carbonyl (C=O) groups is 1. The van der Waals surface area contributed by atoms with E-state index in [-0.39, 0.29) is 42.7 Å². The number of benzene rings is 2. The van der Waals surface area contributed by atoms with Crippen molar-refractivity contribution < 1.29 is 31.8 Å². The number of rotatable bonds is 11. The summed E-state index contributed by atoms with van der Waals surface area (Å²) in [4.78, 5) is 11.3. The molecule has 0 fully saturated rings. The van der Waals surface area contributed by atoms with E-state index in [0.717, 1.165) is 12.1 Å². The smallest absolute Gasteiger partial charge is 0.333 e. The van der Waals surface area contributed by atoms with Crippen LogP contribution in [0.2, 0.25) is 0 Å². The highest BCUT2D eigenvalue weighted by atomic mass is 19.1. The Bertz CT molecular complexity index is 894. The first-order valence-corrected chi connectivity index (χ1v) is 10.0. The molecule has 2 rings (SSSR count). The van der Waals surface area contributed by atoms with Crippen LogP contribution in [-0.4, -0.2) is 19.7 Å². The molecule has 0 aliphatic rings. The van der Waals surface area contributed by atoms with E-state index in [1.54, 1.807) is 6.92 Å². The average Bonchev–Trinajstić information content (AvgIpc) is 2.70. The van der Waals surface area contributed by atoms with E-state index in [1.807, 2.05) is 0 Å². The third kappa shape index (κ3) is 7.12. The molecule has 7 heteroatoms. The highest BCUT2D eigenvalue weighted by molar-refractivity contribution is 5.86. The molecule has 0 aliphatic heterocycles. The van der Waals surface area contributed by atoms with Crippen LogP contribution in [0.3, 0.4) is 0 Å². The van der Waals surface area contributed by atoms with Gasteiger partial charge in [0.1, 0.15) is 29.0 Å². The minimum Gasteiger partial charge on any atom is -0.497 e. The number of aryl methyl sites for hydroxylation is 1. The minimum atomic E-state index is -0.761. The monoisotopic (exact) mass is 438 g/mol. The van der Waals surface area contributed by atoms with Crippen LogP contribution in [0.1, 0.15) is 42.9 Å². The summed E-state index contributed by atoms with van der Waals surface area (Å²) in [7, 11) is 1.31. The Kier molecular flexibility index (Phi) is 9.09. The summed E-state index contributed by atoms with van der Waals surface area (Å²) < 4.78 is 66.6. The standard InChI is InChI=1S/C24H26F4O3/c1-15(2)24(29)31-10-6-4-5-7-18-20(25)11-16(12-21(18)26)8-9-19-22(27)13-17(30-3)14-23(19)28/h11-14H,1,4-10H2,2-3H3. The summed E-state index contributed by atoms with van der Waals surface area (Å²) >= 11 is 0. The molecule has 168 valence electrons. The van der Waals surface area contributed by atoms with E-state index in [9.17, 15) is 22.4 Å². The number of carbonyl (C=O) groups excluding carboxylic acids is 1. The van der Waals surface area contributed by atoms with Crippen molar-refractivity contribution in [3.05, 3.63) is 76.4 Å². The molecule has 0 saturated carbocycles. The second kappa shape index (κ2) is 11.5. The van der Waals surface area contributed by atoms with Gasteiger partial charge in [-0.1, -0.05) is 6.58 Å². The third-order valence-electron chi connectivity index (χ3n) is 4.87. The summed E-state index contributed by atoms with van der Waals surface area (Å²) in [5, 5.41) is 0. The van der Waals surface area contributed by atoms with Gasteiger partial charge < -0.3 is 9.47 Å². The second-order valence-corrected chi connectivity index (χ2v) is 7.33. The molecular weight excluding hydrogens is 412 g/mol. The minimum absolute atomic E-state index is 0.0236. The zero-order chi connectivity index (χ0) is 23.0. The fourth-order valence-electron chi connectivity index (χ4n) is 3.11. The predicted molar refractivity (Wildman–Crippen MR) is 110 cm³/mol. The molecule has 0 atom stereocenters. The maximum Gasteiger partial charge on any atom is 0.333 e. The van der Waals surface area contributed by atoms with Crippen LogP contribution in [-0.2, 0) is 28.8 Å². The van der Waals surface area contributed by atoms with E-state index in [4.69, 9.17) is 9.47 Å². The van der Waals surface area contributed by atoms with Crippen LogP contribution in [0, 0.1) is 23.3 Å². The van der Waals surface area contributed by atoms with Gasteiger partial charge in [-0.2, -0.15) is 0 Å². The lowest BCUT2D eigenvalue weighted by Gasteiger charge is -2.10. The van der Waals surface area contributed by atoms with Gasteiger partial charge in [0.25, 0.3) is 0 Å². The van der Waals surface area contributed by atoms with Crippen molar-refractivity contribution in [3.63, 3.8) is 0 Å². The number of halogens is 4. The SMILES string of the molecule is C=C(C)C(=O)OCCCCCc1c(F)cc(CCc2c(F)cc(OC)cc2F)cc1F. The first-order chi connectivity index (χ1) is 14.7. The Hall–Kier alpha value is -2.83. The number of esters is 1. The molecule has 0 bridgehead atoms. The van der Waals surface area contributed by atoms with E-state index < -0.39 is 29.2 Å². The zero-order valence-electron chi connectivity index (χ0n) is 17.7. The molecule has 3 nitrogen and oxygen atoms in total. The number of hydrogen-bond acceptors (Lipinski definition) is 3. The van der Waals surface area contributed by atoms with Crippen LogP contribution < -0.4 is 4.74 Å². The van der Waals surface area contributed by atoms with E-state index in [1.165, 1.54) is 19.2 Å². The summed E-state index contributed by atoms with van der Waals surface area (Å²) in [6.07, 6.45) is 2.00. The highest BCUT2D eigenvalue weighted by Crippen LogP contribution is 2.23. The number of unbranched alkanes of at least 4 members (excludes halogenated alkanes) is 2. The lowest BCUT2D eigenvalue weighted by Crippen LogP contribution is -2.06. The van der Waals surface area contributed by atoms with Gasteiger partial charge >= 0.3 is 5.97 Å². The van der Waals surface area contributed by atoms with Crippen LogP contribution >= 0.6 is 0 Å². The molecule has 0 heterocycles. The van der Waals surface area contributed by atoms with Gasteiger partial charge in [-0.25, -0.2) is 22.4 Å². The van der Waals surface area contributed by atoms with Crippen molar-refractivity contribution in [2.75, 3.05) is 13.7 Å². The fraction of sp³-hybridized carbons (Fsp3) is 0.375. The fourth-order valence-corrected chi connectivity index (χ4v) is 3.11. The van der Waals surface area contributed by atoms with Crippen LogP contribution in [0.25, 0.3) is 0 Å². The highest BCUT2D eigenvalue weighted by Gasteiger charge is 2.15. The Balaban J connectivity index is 1.89. The van der Waals surface area contributed by atoms with Gasteiger partial charge in [-0.05, 0) is 63.1 Å². The maximum atomic E-state index is 14.4. The molecule has 0 unspecified atom stereocenters. The molecule has 0 N–H and O–H groups in total. The van der Waals surface area contributed by atoms with E-state index in [2.05, 4.69) is 6.58 Å². The number of hydrogen-bond donors (Lipinski definition) is 0. The van der Waals surface area contributed by atoms with Gasteiger partial charge in [0, 0.05) is 28.8 Å². The topological polar surface area (TPSA) is 35.5 Å². The van der Waals surface area contributed by atoms with Gasteiger partial charge in [0.15, 0.2) is 0 Å². The summed E-state index contributed by atoms with van der Waals surface area (Å²) in [5.41, 5.74) is 0.462. The Morgan fingerprint density at radius 2 is 1.39 bits per heavy atom. The first-order valence-electron chi connectivity index (χ1n) is 10.0. The lowest BCUT2D eigenvalue weighted by atomic mass is 9.99. The maximum absolute atomic E-state index is 14.4. The van der Waals surface area contributed by atoms with E-state index >= 15 is 0 Å². The molecule has 31 heavy (non-hydrogen) atoms. The van der Waals surface area contributed by atoms with Gasteiger partial charge in [-0.15, -0.1) is 0 Å². The normalized spacial score (nSPS) is 10.8. The van der Waals surface area contributed by atoms with Crippen molar-refractivity contribution >= 4 is 5.97 Å². The van der Waals surface area contributed by atoms with Crippen LogP contribution in [0.4, 0.5) is 17.6 Å². The first kappa shape index (κ1) is 24.4. The van der Waals surface area contributed by atoms with Crippen LogP contribution in [0.15, 0.2) is 36.4 Å². The van der Waals surface area contributed by atoms with Crippen molar-refractivity contribution in [1.82, 2.24) is 0 Å². The summed E-state index contributed by atoms with van der Waals surface area (Å²) in [6.45, 7) is 5.27. The average molecular weight is 438 g/mol.